The Morgan fingerprint density at radius 3 is 2.00 bits per heavy atom. The fraction of sp³-hybridized carbons (Fsp3) is 0.231. The lowest BCUT2D eigenvalue weighted by atomic mass is 10.3. The van der Waals surface area contributed by atoms with Crippen LogP contribution in [0.1, 0.15) is 0 Å². The van der Waals surface area contributed by atoms with Gasteiger partial charge in [-0.1, -0.05) is 0 Å². The predicted molar refractivity (Wildman–Crippen MR) is 65.9 cm³/mol. The molecule has 9 heteroatoms. The molecule has 0 aliphatic carbocycles. The van der Waals surface area contributed by atoms with E-state index >= 15 is 0 Å². The number of alkyl halides is 3. The molecule has 0 radical (unpaired) electrons. The molecule has 0 unspecified atom stereocenters. The van der Waals surface area contributed by atoms with Crippen LogP contribution in [0.5, 0.6) is 11.5 Å². The highest BCUT2D eigenvalue weighted by Gasteiger charge is 2.31. The average Bonchev–Trinajstić information content (AvgIpc) is 2.46. The Balaban J connectivity index is 2.88. The number of benzene rings is 1. The molecule has 120 valence electrons. The lowest BCUT2D eigenvalue weighted by Gasteiger charge is -2.10. The molecule has 0 bridgehead atoms. The molecule has 0 aromatic heterocycles. The molecule has 6 nitrogen and oxygen atoms in total. The predicted octanol–water partition coefficient (Wildman–Crippen LogP) is 2.19. The first-order valence-electron chi connectivity index (χ1n) is 5.67. The average molecular weight is 320 g/mol. The number of hydrogen-bond donors (Lipinski definition) is 0. The van der Waals surface area contributed by atoms with Gasteiger partial charge in [-0.25, -0.2) is 9.59 Å². The van der Waals surface area contributed by atoms with E-state index in [1.54, 1.807) is 0 Å². The largest absolute Gasteiger partial charge is 0.573 e. The van der Waals surface area contributed by atoms with Crippen molar-refractivity contribution in [3.63, 3.8) is 0 Å². The molecule has 1 rings (SSSR count). The first-order chi connectivity index (χ1) is 10.2. The Morgan fingerprint density at radius 1 is 1.00 bits per heavy atom. The maximum Gasteiger partial charge on any atom is 0.573 e. The Kier molecular flexibility index (Phi) is 5.79. The van der Waals surface area contributed by atoms with Gasteiger partial charge in [0.2, 0.25) is 5.76 Å². The van der Waals surface area contributed by atoms with Gasteiger partial charge in [0.25, 0.3) is 0 Å². The Morgan fingerprint density at radius 2 is 1.55 bits per heavy atom. The summed E-state index contributed by atoms with van der Waals surface area (Å²) in [7, 11) is 2.16. The maximum absolute atomic E-state index is 12.0. The summed E-state index contributed by atoms with van der Waals surface area (Å²) in [5.41, 5.74) is 0. The zero-order valence-corrected chi connectivity index (χ0v) is 11.5. The number of esters is 2. The minimum atomic E-state index is -4.82. The van der Waals surface area contributed by atoms with Gasteiger partial charge in [0.05, 0.1) is 20.3 Å². The molecule has 0 spiro atoms. The zero-order valence-electron chi connectivity index (χ0n) is 11.5. The van der Waals surface area contributed by atoms with Crippen LogP contribution in [0, 0.1) is 0 Å². The third-order valence-corrected chi connectivity index (χ3v) is 2.12. The van der Waals surface area contributed by atoms with Gasteiger partial charge in [0, 0.05) is 0 Å². The molecule has 0 aliphatic rings. The topological polar surface area (TPSA) is 71.1 Å². The van der Waals surface area contributed by atoms with E-state index in [0.29, 0.717) is 0 Å². The monoisotopic (exact) mass is 320 g/mol. The third-order valence-electron chi connectivity index (χ3n) is 2.12. The minimum Gasteiger partial charge on any atom is -0.466 e. The van der Waals surface area contributed by atoms with Crippen molar-refractivity contribution in [1.29, 1.82) is 0 Å². The van der Waals surface area contributed by atoms with E-state index in [1.807, 2.05) is 0 Å². The van der Waals surface area contributed by atoms with Gasteiger partial charge in [-0.15, -0.1) is 13.2 Å². The van der Waals surface area contributed by atoms with Gasteiger partial charge in [0.1, 0.15) is 11.5 Å². The molecule has 0 saturated heterocycles. The van der Waals surface area contributed by atoms with Crippen molar-refractivity contribution in [3.8, 4) is 11.5 Å². The number of rotatable bonds is 5. The van der Waals surface area contributed by atoms with Gasteiger partial charge in [0.15, 0.2) is 0 Å². The first-order valence-corrected chi connectivity index (χ1v) is 5.67. The highest BCUT2D eigenvalue weighted by Crippen LogP contribution is 2.25. The molecule has 0 saturated carbocycles. The van der Waals surface area contributed by atoms with Crippen LogP contribution in [0.2, 0.25) is 0 Å². The quantitative estimate of drug-likeness (QED) is 0.470. The molecular weight excluding hydrogens is 309 g/mol. The van der Waals surface area contributed by atoms with Gasteiger partial charge < -0.3 is 18.9 Å². The summed E-state index contributed by atoms with van der Waals surface area (Å²) in [5.74, 6) is -2.77. The normalized spacial score (nSPS) is 11.6. The number of methoxy groups -OCH3 is 2. The highest BCUT2D eigenvalue weighted by molar-refractivity contribution is 5.95. The molecule has 0 atom stereocenters. The summed E-state index contributed by atoms with van der Waals surface area (Å²) in [6.07, 6.45) is -4.07. The second kappa shape index (κ2) is 7.34. The van der Waals surface area contributed by atoms with Crippen molar-refractivity contribution < 1.29 is 41.7 Å². The lowest BCUT2D eigenvalue weighted by molar-refractivity contribution is -0.274. The van der Waals surface area contributed by atoms with Gasteiger partial charge in [-0.2, -0.15) is 0 Å². The summed E-state index contributed by atoms with van der Waals surface area (Å²) in [6.45, 7) is 0. The number of ether oxygens (including phenoxy) is 4. The number of carbonyl (C=O) groups excluding carboxylic acids is 2. The van der Waals surface area contributed by atoms with Crippen LogP contribution in [0.15, 0.2) is 36.1 Å². The molecule has 22 heavy (non-hydrogen) atoms. The SMILES string of the molecule is COC(=O)/C=C(/Oc1ccc(OC(F)(F)F)cc1)C(=O)OC. The van der Waals surface area contributed by atoms with E-state index in [-0.39, 0.29) is 5.75 Å². The molecule has 1 aromatic rings. The van der Waals surface area contributed by atoms with Crippen molar-refractivity contribution in [2.75, 3.05) is 14.2 Å². The Hall–Kier alpha value is -2.71. The number of hydrogen-bond acceptors (Lipinski definition) is 6. The van der Waals surface area contributed by atoms with Crippen LogP contribution in [0.4, 0.5) is 13.2 Å². The Bertz CT molecular complexity index is 562. The molecule has 1 aromatic carbocycles. The number of halogens is 3. The van der Waals surface area contributed by atoms with Gasteiger partial charge >= 0.3 is 18.3 Å². The van der Waals surface area contributed by atoms with Crippen LogP contribution >= 0.6 is 0 Å². The van der Waals surface area contributed by atoms with Crippen molar-refractivity contribution in [1.82, 2.24) is 0 Å². The highest BCUT2D eigenvalue weighted by atomic mass is 19.4. The van der Waals surface area contributed by atoms with Crippen molar-refractivity contribution in [2.45, 2.75) is 6.36 Å². The third kappa shape index (κ3) is 5.73. The van der Waals surface area contributed by atoms with Crippen molar-refractivity contribution >= 4 is 11.9 Å². The summed E-state index contributed by atoms with van der Waals surface area (Å²) >= 11 is 0. The van der Waals surface area contributed by atoms with Crippen molar-refractivity contribution in [3.05, 3.63) is 36.1 Å². The van der Waals surface area contributed by atoms with Crippen LogP contribution in [-0.4, -0.2) is 32.5 Å². The summed E-state index contributed by atoms with van der Waals surface area (Å²) in [5, 5.41) is 0. The summed E-state index contributed by atoms with van der Waals surface area (Å²) < 4.78 is 53.5. The zero-order chi connectivity index (χ0) is 16.8. The summed E-state index contributed by atoms with van der Waals surface area (Å²) in [4.78, 5) is 22.5. The molecule has 0 N–H and O–H groups in total. The van der Waals surface area contributed by atoms with Crippen LogP contribution in [-0.2, 0) is 19.1 Å². The van der Waals surface area contributed by atoms with Crippen LogP contribution in [0.3, 0.4) is 0 Å². The van der Waals surface area contributed by atoms with Gasteiger partial charge in [-0.3, -0.25) is 0 Å². The standard InChI is InChI=1S/C13H11F3O6/c1-19-11(17)7-10(12(18)20-2)21-8-3-5-9(6-4-8)22-13(14,15)16/h3-7H,1-2H3/b10-7+. The molecule has 0 heterocycles. The van der Waals surface area contributed by atoms with Gasteiger partial charge in [-0.05, 0) is 24.3 Å². The van der Waals surface area contributed by atoms with E-state index in [0.717, 1.165) is 44.6 Å². The van der Waals surface area contributed by atoms with Crippen LogP contribution in [0.25, 0.3) is 0 Å². The minimum absolute atomic E-state index is 0.00456. The molecule has 0 amide bonds. The fourth-order valence-electron chi connectivity index (χ4n) is 1.23. The Labute approximate surface area is 123 Å². The van der Waals surface area contributed by atoms with Crippen molar-refractivity contribution in [2.24, 2.45) is 0 Å². The van der Waals surface area contributed by atoms with E-state index in [2.05, 4.69) is 14.2 Å². The molecule has 0 aliphatic heterocycles. The first kappa shape index (κ1) is 17.3. The second-order valence-corrected chi connectivity index (χ2v) is 3.64. The lowest BCUT2D eigenvalue weighted by Crippen LogP contribution is -2.17. The van der Waals surface area contributed by atoms with E-state index in [9.17, 15) is 22.8 Å². The fourth-order valence-corrected chi connectivity index (χ4v) is 1.23. The molecule has 0 fully saturated rings. The maximum atomic E-state index is 12.0. The number of carbonyl (C=O) groups is 2. The second-order valence-electron chi connectivity index (χ2n) is 3.64. The summed E-state index contributed by atoms with van der Waals surface area (Å²) in [6, 6.07) is 4.20. The molecular formula is C13H11F3O6. The van der Waals surface area contributed by atoms with Crippen LogP contribution < -0.4 is 9.47 Å². The smallest absolute Gasteiger partial charge is 0.466 e. The van der Waals surface area contributed by atoms with E-state index in [1.165, 1.54) is 0 Å². The van der Waals surface area contributed by atoms with E-state index in [4.69, 9.17) is 4.74 Å². The van der Waals surface area contributed by atoms with E-state index < -0.39 is 29.8 Å².